The summed E-state index contributed by atoms with van der Waals surface area (Å²) >= 11 is 0. The molecule has 0 fully saturated rings. The van der Waals surface area contributed by atoms with Gasteiger partial charge in [-0.1, -0.05) is 19.9 Å². The Labute approximate surface area is 108 Å². The van der Waals surface area contributed by atoms with E-state index in [4.69, 9.17) is 5.73 Å². The number of aromatic nitrogens is 1. The van der Waals surface area contributed by atoms with Crippen LogP contribution in [0.15, 0.2) is 24.4 Å². The van der Waals surface area contributed by atoms with Gasteiger partial charge < -0.3 is 10.8 Å². The molecule has 18 heavy (non-hydrogen) atoms. The Kier molecular flexibility index (Phi) is 5.28. The van der Waals surface area contributed by atoms with Crippen LogP contribution in [0.2, 0.25) is 0 Å². The van der Waals surface area contributed by atoms with E-state index in [1.807, 2.05) is 32.0 Å². The largest absolute Gasteiger partial charge is 0.481 e. The highest BCUT2D eigenvalue weighted by atomic mass is 16.4. The fourth-order valence-electron chi connectivity index (χ4n) is 2.26. The van der Waals surface area contributed by atoms with Crippen molar-refractivity contribution in [2.24, 2.45) is 17.1 Å². The molecular formula is C14H22N2O2. The van der Waals surface area contributed by atoms with Gasteiger partial charge in [0.1, 0.15) is 0 Å². The van der Waals surface area contributed by atoms with Crippen molar-refractivity contribution in [3.8, 4) is 0 Å². The molecule has 0 aromatic carbocycles. The van der Waals surface area contributed by atoms with Crippen molar-refractivity contribution in [3.63, 3.8) is 0 Å². The van der Waals surface area contributed by atoms with Crippen LogP contribution in [-0.2, 0) is 11.2 Å². The van der Waals surface area contributed by atoms with Gasteiger partial charge in [-0.3, -0.25) is 9.78 Å². The fraction of sp³-hybridized carbons (Fsp3) is 0.571. The minimum absolute atomic E-state index is 0.174. The van der Waals surface area contributed by atoms with E-state index < -0.39 is 11.4 Å². The third kappa shape index (κ3) is 3.81. The molecule has 4 heteroatoms. The zero-order valence-electron chi connectivity index (χ0n) is 11.1. The molecule has 0 amide bonds. The molecule has 1 aromatic heterocycles. The summed E-state index contributed by atoms with van der Waals surface area (Å²) in [6, 6.07) is 5.68. The monoisotopic (exact) mass is 250 g/mol. The summed E-state index contributed by atoms with van der Waals surface area (Å²) in [5, 5.41) is 9.45. The summed E-state index contributed by atoms with van der Waals surface area (Å²) in [6.07, 6.45) is 3.51. The average Bonchev–Trinajstić information content (AvgIpc) is 2.35. The Hall–Kier alpha value is -1.42. The lowest BCUT2D eigenvalue weighted by Gasteiger charge is -2.29. The molecule has 1 rings (SSSR count). The van der Waals surface area contributed by atoms with E-state index in [9.17, 15) is 9.90 Å². The predicted molar refractivity (Wildman–Crippen MR) is 71.1 cm³/mol. The van der Waals surface area contributed by atoms with E-state index in [0.29, 0.717) is 25.2 Å². The highest BCUT2D eigenvalue weighted by molar-refractivity contribution is 5.75. The van der Waals surface area contributed by atoms with Crippen LogP contribution in [0.4, 0.5) is 0 Å². The van der Waals surface area contributed by atoms with Gasteiger partial charge in [0.25, 0.3) is 0 Å². The van der Waals surface area contributed by atoms with E-state index in [1.54, 1.807) is 6.20 Å². The molecule has 1 unspecified atom stereocenters. The second-order valence-corrected chi connectivity index (χ2v) is 5.21. The minimum Gasteiger partial charge on any atom is -0.481 e. The molecule has 1 heterocycles. The van der Waals surface area contributed by atoms with E-state index >= 15 is 0 Å². The molecule has 1 aromatic rings. The van der Waals surface area contributed by atoms with E-state index in [-0.39, 0.29) is 6.54 Å². The highest BCUT2D eigenvalue weighted by Crippen LogP contribution is 2.31. The average molecular weight is 250 g/mol. The number of nitrogens with two attached hydrogens (primary N) is 1. The van der Waals surface area contributed by atoms with Gasteiger partial charge in [0, 0.05) is 18.4 Å². The predicted octanol–water partition coefficient (Wildman–Crippen LogP) is 2.09. The fourth-order valence-corrected chi connectivity index (χ4v) is 2.26. The van der Waals surface area contributed by atoms with Crippen LogP contribution < -0.4 is 5.73 Å². The van der Waals surface area contributed by atoms with Crippen LogP contribution in [-0.4, -0.2) is 22.6 Å². The number of hydrogen-bond donors (Lipinski definition) is 2. The minimum atomic E-state index is -0.828. The van der Waals surface area contributed by atoms with Crippen LogP contribution in [0.5, 0.6) is 0 Å². The summed E-state index contributed by atoms with van der Waals surface area (Å²) < 4.78 is 0. The lowest BCUT2D eigenvalue weighted by molar-refractivity contribution is -0.149. The number of carbonyl (C=O) groups is 1. The first-order valence-electron chi connectivity index (χ1n) is 6.33. The molecule has 4 nitrogen and oxygen atoms in total. The number of hydrogen-bond acceptors (Lipinski definition) is 3. The second-order valence-electron chi connectivity index (χ2n) is 5.21. The standard InChI is InChI=1S/C14H22N2O2/c1-11(2)9-14(10-15,13(17)18)7-6-12-5-3-4-8-16-12/h3-5,8,11H,6-7,9-10,15H2,1-2H3,(H,17,18). The van der Waals surface area contributed by atoms with Gasteiger partial charge in [-0.2, -0.15) is 0 Å². The second kappa shape index (κ2) is 6.50. The lowest BCUT2D eigenvalue weighted by Crippen LogP contribution is -2.40. The molecule has 0 aliphatic rings. The van der Waals surface area contributed by atoms with Crippen molar-refractivity contribution >= 4 is 5.97 Å². The van der Waals surface area contributed by atoms with E-state index in [1.165, 1.54) is 0 Å². The maximum absolute atomic E-state index is 11.5. The molecule has 0 spiro atoms. The van der Waals surface area contributed by atoms with Gasteiger partial charge in [-0.05, 0) is 37.3 Å². The first-order valence-corrected chi connectivity index (χ1v) is 6.33. The first-order chi connectivity index (χ1) is 8.50. The number of carboxylic acids is 1. The van der Waals surface area contributed by atoms with Crippen LogP contribution in [0, 0.1) is 11.3 Å². The highest BCUT2D eigenvalue weighted by Gasteiger charge is 2.37. The van der Waals surface area contributed by atoms with Gasteiger partial charge in [0.05, 0.1) is 5.41 Å². The van der Waals surface area contributed by atoms with Crippen molar-refractivity contribution in [1.82, 2.24) is 4.98 Å². The van der Waals surface area contributed by atoms with E-state index in [0.717, 1.165) is 5.69 Å². The summed E-state index contributed by atoms with van der Waals surface area (Å²) in [5.74, 6) is -0.483. The number of pyridine rings is 1. The van der Waals surface area contributed by atoms with Gasteiger partial charge in [0.15, 0.2) is 0 Å². The molecule has 3 N–H and O–H groups in total. The van der Waals surface area contributed by atoms with Gasteiger partial charge in [-0.15, -0.1) is 0 Å². The zero-order chi connectivity index (χ0) is 13.6. The maximum Gasteiger partial charge on any atom is 0.310 e. The van der Waals surface area contributed by atoms with Gasteiger partial charge >= 0.3 is 5.97 Å². The Morgan fingerprint density at radius 2 is 2.22 bits per heavy atom. The Balaban J connectivity index is 2.75. The van der Waals surface area contributed by atoms with Crippen molar-refractivity contribution in [2.75, 3.05) is 6.54 Å². The summed E-state index contributed by atoms with van der Waals surface area (Å²) in [5.41, 5.74) is 5.81. The number of rotatable bonds is 7. The molecule has 1 atom stereocenters. The third-order valence-corrected chi connectivity index (χ3v) is 3.23. The number of nitrogens with zero attached hydrogens (tertiary/aromatic N) is 1. The molecule has 100 valence electrons. The number of carboxylic acid groups (broad SMARTS) is 1. The maximum atomic E-state index is 11.5. The smallest absolute Gasteiger partial charge is 0.310 e. The van der Waals surface area contributed by atoms with Crippen LogP contribution in [0.1, 0.15) is 32.4 Å². The lowest BCUT2D eigenvalue weighted by atomic mass is 9.76. The van der Waals surface area contributed by atoms with E-state index in [2.05, 4.69) is 4.98 Å². The van der Waals surface area contributed by atoms with Crippen LogP contribution in [0.25, 0.3) is 0 Å². The number of aliphatic carboxylic acids is 1. The summed E-state index contributed by atoms with van der Waals surface area (Å²) in [4.78, 5) is 15.7. The molecule has 0 aliphatic carbocycles. The summed E-state index contributed by atoms with van der Waals surface area (Å²) in [6.45, 7) is 4.22. The van der Waals surface area contributed by atoms with Crippen molar-refractivity contribution in [1.29, 1.82) is 0 Å². The molecule has 0 bridgehead atoms. The Morgan fingerprint density at radius 3 is 2.67 bits per heavy atom. The van der Waals surface area contributed by atoms with Crippen LogP contribution >= 0.6 is 0 Å². The SMILES string of the molecule is CC(C)CC(CN)(CCc1ccccn1)C(=O)O. The van der Waals surface area contributed by atoms with Crippen molar-refractivity contribution < 1.29 is 9.90 Å². The topological polar surface area (TPSA) is 76.2 Å². The molecule has 0 radical (unpaired) electrons. The molecule has 0 aliphatic heterocycles. The molecule has 0 saturated heterocycles. The van der Waals surface area contributed by atoms with Gasteiger partial charge in [-0.25, -0.2) is 0 Å². The summed E-state index contributed by atoms with van der Waals surface area (Å²) in [7, 11) is 0. The number of aryl methyl sites for hydroxylation is 1. The molecular weight excluding hydrogens is 228 g/mol. The normalized spacial score (nSPS) is 14.4. The Bertz CT molecular complexity index is 379. The quantitative estimate of drug-likeness (QED) is 0.777. The van der Waals surface area contributed by atoms with Crippen molar-refractivity contribution in [2.45, 2.75) is 33.1 Å². The first kappa shape index (κ1) is 14.6. The van der Waals surface area contributed by atoms with Crippen LogP contribution in [0.3, 0.4) is 0 Å². The zero-order valence-corrected chi connectivity index (χ0v) is 11.1. The third-order valence-electron chi connectivity index (χ3n) is 3.23. The van der Waals surface area contributed by atoms with Crippen molar-refractivity contribution in [3.05, 3.63) is 30.1 Å². The Morgan fingerprint density at radius 1 is 1.50 bits per heavy atom. The van der Waals surface area contributed by atoms with Gasteiger partial charge in [0.2, 0.25) is 0 Å². The molecule has 0 saturated carbocycles.